The lowest BCUT2D eigenvalue weighted by molar-refractivity contribution is 0.395. The van der Waals surface area contributed by atoms with E-state index < -0.39 is 20.0 Å². The fraction of sp³-hybridized carbons (Fsp3) is 0.571. The van der Waals surface area contributed by atoms with Gasteiger partial charge in [0.05, 0.1) is 12.0 Å². The SMILES string of the molecule is CC(C)CS(=O)(=O)Nc1ccc2c(c1)CN(S(C)(=O)=O)CC2. The molecule has 6 nitrogen and oxygen atoms in total. The maximum Gasteiger partial charge on any atom is 0.232 e. The van der Waals surface area contributed by atoms with Crippen molar-refractivity contribution in [3.8, 4) is 0 Å². The lowest BCUT2D eigenvalue weighted by atomic mass is 10.0. The molecule has 0 fully saturated rings. The van der Waals surface area contributed by atoms with Crippen molar-refractivity contribution in [1.29, 1.82) is 0 Å². The minimum absolute atomic E-state index is 0.0378. The number of hydrogen-bond acceptors (Lipinski definition) is 4. The van der Waals surface area contributed by atoms with Crippen LogP contribution in [0.4, 0.5) is 5.69 Å². The van der Waals surface area contributed by atoms with Gasteiger partial charge in [0, 0.05) is 18.8 Å². The average Bonchev–Trinajstić information content (AvgIpc) is 2.34. The van der Waals surface area contributed by atoms with Crippen molar-refractivity contribution in [2.75, 3.05) is 23.3 Å². The first-order chi connectivity index (χ1) is 10.1. The lowest BCUT2D eigenvalue weighted by Gasteiger charge is -2.27. The molecule has 1 N–H and O–H groups in total. The van der Waals surface area contributed by atoms with Crippen molar-refractivity contribution in [2.24, 2.45) is 5.92 Å². The van der Waals surface area contributed by atoms with Crippen molar-refractivity contribution < 1.29 is 16.8 Å². The van der Waals surface area contributed by atoms with Gasteiger partial charge in [0.1, 0.15) is 0 Å². The van der Waals surface area contributed by atoms with Crippen molar-refractivity contribution in [3.05, 3.63) is 29.3 Å². The molecule has 0 aliphatic carbocycles. The second-order valence-electron chi connectivity index (χ2n) is 6.11. The molecular weight excluding hydrogens is 324 g/mol. The number of hydrogen-bond donors (Lipinski definition) is 1. The number of rotatable bonds is 5. The highest BCUT2D eigenvalue weighted by Crippen LogP contribution is 2.24. The molecule has 1 heterocycles. The van der Waals surface area contributed by atoms with Gasteiger partial charge in [-0.25, -0.2) is 16.8 Å². The van der Waals surface area contributed by atoms with Gasteiger partial charge >= 0.3 is 0 Å². The number of sulfonamides is 2. The van der Waals surface area contributed by atoms with E-state index in [9.17, 15) is 16.8 Å². The molecule has 22 heavy (non-hydrogen) atoms. The van der Waals surface area contributed by atoms with Crippen molar-refractivity contribution >= 4 is 25.7 Å². The van der Waals surface area contributed by atoms with E-state index in [0.717, 1.165) is 11.1 Å². The van der Waals surface area contributed by atoms with Crippen LogP contribution in [0.1, 0.15) is 25.0 Å². The average molecular weight is 346 g/mol. The van der Waals surface area contributed by atoms with Crippen LogP contribution < -0.4 is 4.72 Å². The highest BCUT2D eigenvalue weighted by Gasteiger charge is 2.23. The van der Waals surface area contributed by atoms with Crippen molar-refractivity contribution in [1.82, 2.24) is 4.31 Å². The Labute approximate surface area is 132 Å². The van der Waals surface area contributed by atoms with Crippen LogP contribution in [-0.2, 0) is 33.0 Å². The van der Waals surface area contributed by atoms with Gasteiger partial charge in [0.2, 0.25) is 20.0 Å². The van der Waals surface area contributed by atoms with E-state index in [0.29, 0.717) is 18.7 Å². The third kappa shape index (κ3) is 4.44. The van der Waals surface area contributed by atoms with Crippen molar-refractivity contribution in [3.63, 3.8) is 0 Å². The number of nitrogens with one attached hydrogen (secondary N) is 1. The number of anilines is 1. The first-order valence-electron chi connectivity index (χ1n) is 7.14. The van der Waals surface area contributed by atoms with Crippen LogP contribution in [0.5, 0.6) is 0 Å². The zero-order valence-corrected chi connectivity index (χ0v) is 14.7. The van der Waals surface area contributed by atoms with E-state index in [1.54, 1.807) is 12.1 Å². The van der Waals surface area contributed by atoms with Crippen LogP contribution in [0, 0.1) is 5.92 Å². The molecule has 0 amide bonds. The topological polar surface area (TPSA) is 83.6 Å². The van der Waals surface area contributed by atoms with E-state index >= 15 is 0 Å². The summed E-state index contributed by atoms with van der Waals surface area (Å²) in [5.41, 5.74) is 2.39. The summed E-state index contributed by atoms with van der Waals surface area (Å²) in [5.74, 6) is 0.0929. The minimum Gasteiger partial charge on any atom is -0.284 e. The van der Waals surface area contributed by atoms with Crippen LogP contribution in [0.2, 0.25) is 0 Å². The fourth-order valence-electron chi connectivity index (χ4n) is 2.54. The maximum absolute atomic E-state index is 12.0. The van der Waals surface area contributed by atoms with E-state index in [1.807, 2.05) is 19.9 Å². The molecule has 1 aromatic carbocycles. The molecule has 0 unspecified atom stereocenters. The monoisotopic (exact) mass is 346 g/mol. The third-order valence-corrected chi connectivity index (χ3v) is 6.38. The second kappa shape index (κ2) is 6.17. The third-order valence-electron chi connectivity index (χ3n) is 3.48. The van der Waals surface area contributed by atoms with E-state index in [1.165, 1.54) is 10.6 Å². The van der Waals surface area contributed by atoms with E-state index in [4.69, 9.17) is 0 Å². The zero-order chi connectivity index (χ0) is 16.5. The Balaban J connectivity index is 2.22. The Morgan fingerprint density at radius 3 is 2.45 bits per heavy atom. The summed E-state index contributed by atoms with van der Waals surface area (Å²) in [5, 5.41) is 0. The Bertz CT molecular complexity index is 755. The van der Waals surface area contributed by atoms with Crippen molar-refractivity contribution in [2.45, 2.75) is 26.8 Å². The van der Waals surface area contributed by atoms with E-state index in [2.05, 4.69) is 4.72 Å². The van der Waals surface area contributed by atoms with Gasteiger partial charge in [-0.05, 0) is 35.6 Å². The molecule has 8 heteroatoms. The predicted octanol–water partition coefficient (Wildman–Crippen LogP) is 1.40. The van der Waals surface area contributed by atoms with Crippen LogP contribution in [0.25, 0.3) is 0 Å². The Hall–Kier alpha value is -1.12. The normalized spacial score (nSPS) is 16.5. The number of benzene rings is 1. The summed E-state index contributed by atoms with van der Waals surface area (Å²) in [6.45, 7) is 4.43. The molecule has 1 aliphatic heterocycles. The number of fused-ring (bicyclic) bond motifs is 1. The standard InChI is InChI=1S/C14H22N2O4S2/c1-11(2)10-22(19,20)15-14-5-4-12-6-7-16(21(3,17)18)9-13(12)8-14/h4-5,8,11,15H,6-7,9-10H2,1-3H3. The molecule has 1 aliphatic rings. The first kappa shape index (κ1) is 17.2. The molecule has 0 aromatic heterocycles. The summed E-state index contributed by atoms with van der Waals surface area (Å²) in [6.07, 6.45) is 1.83. The molecule has 0 spiro atoms. The van der Waals surface area contributed by atoms with Crippen LogP contribution >= 0.6 is 0 Å². The van der Waals surface area contributed by atoms with Gasteiger partial charge in [0.25, 0.3) is 0 Å². The van der Waals surface area contributed by atoms with Gasteiger partial charge < -0.3 is 0 Å². The maximum atomic E-state index is 12.0. The van der Waals surface area contributed by atoms with Gasteiger partial charge in [-0.3, -0.25) is 4.72 Å². The van der Waals surface area contributed by atoms with Gasteiger partial charge in [-0.15, -0.1) is 0 Å². The molecule has 0 saturated carbocycles. The smallest absolute Gasteiger partial charge is 0.232 e. The first-order valence-corrected chi connectivity index (χ1v) is 10.6. The molecule has 2 rings (SSSR count). The Kier molecular flexibility index (Phi) is 4.84. The summed E-state index contributed by atoms with van der Waals surface area (Å²) in [4.78, 5) is 0. The molecule has 0 bridgehead atoms. The van der Waals surface area contributed by atoms with Crippen LogP contribution in [0.15, 0.2) is 18.2 Å². The molecule has 0 radical (unpaired) electrons. The van der Waals surface area contributed by atoms with E-state index in [-0.39, 0.29) is 18.2 Å². The molecule has 1 aromatic rings. The summed E-state index contributed by atoms with van der Waals surface area (Å²) in [6, 6.07) is 5.32. The minimum atomic E-state index is -3.38. The lowest BCUT2D eigenvalue weighted by Crippen LogP contribution is -2.35. The summed E-state index contributed by atoms with van der Waals surface area (Å²) in [7, 11) is -6.62. The predicted molar refractivity (Wildman–Crippen MR) is 87.6 cm³/mol. The molecule has 0 saturated heterocycles. The summed E-state index contributed by atoms with van der Waals surface area (Å²) >= 11 is 0. The zero-order valence-electron chi connectivity index (χ0n) is 13.0. The van der Waals surface area contributed by atoms with Crippen LogP contribution in [0.3, 0.4) is 0 Å². The molecule has 0 atom stereocenters. The molecular formula is C14H22N2O4S2. The largest absolute Gasteiger partial charge is 0.284 e. The number of nitrogens with zero attached hydrogens (tertiary/aromatic N) is 1. The Morgan fingerprint density at radius 1 is 1.18 bits per heavy atom. The molecule has 124 valence electrons. The van der Waals surface area contributed by atoms with Gasteiger partial charge in [-0.1, -0.05) is 19.9 Å². The summed E-state index contributed by atoms with van der Waals surface area (Å²) < 4.78 is 51.2. The van der Waals surface area contributed by atoms with Gasteiger partial charge in [0.15, 0.2) is 0 Å². The highest BCUT2D eigenvalue weighted by atomic mass is 32.2. The second-order valence-corrected chi connectivity index (χ2v) is 9.86. The van der Waals surface area contributed by atoms with Crippen LogP contribution in [-0.4, -0.2) is 39.7 Å². The fourth-order valence-corrected chi connectivity index (χ4v) is 4.78. The Morgan fingerprint density at radius 2 is 1.86 bits per heavy atom. The quantitative estimate of drug-likeness (QED) is 0.873. The highest BCUT2D eigenvalue weighted by molar-refractivity contribution is 7.92. The van der Waals surface area contributed by atoms with Gasteiger partial charge in [-0.2, -0.15) is 4.31 Å².